The molecule has 10 heteroatoms. The van der Waals surface area contributed by atoms with Crippen molar-refractivity contribution in [1.82, 2.24) is 15.2 Å². The third-order valence-corrected chi connectivity index (χ3v) is 6.95. The van der Waals surface area contributed by atoms with Gasteiger partial charge in [-0.25, -0.2) is 19.5 Å². The molecule has 0 aliphatic heterocycles. The van der Waals surface area contributed by atoms with Crippen LogP contribution in [0, 0.1) is 5.92 Å². The molecule has 1 aromatic heterocycles. The summed E-state index contributed by atoms with van der Waals surface area (Å²) in [6.07, 6.45) is 0.751. The van der Waals surface area contributed by atoms with E-state index in [1.54, 1.807) is 7.05 Å². The minimum absolute atomic E-state index is 0.0173. The van der Waals surface area contributed by atoms with Crippen LogP contribution < -0.4 is 10.2 Å². The van der Waals surface area contributed by atoms with Crippen molar-refractivity contribution in [2.75, 3.05) is 18.5 Å². The zero-order chi connectivity index (χ0) is 30.2. The molecule has 4 rings (SSSR count). The lowest BCUT2D eigenvalue weighted by Gasteiger charge is -2.22. The second-order valence-electron chi connectivity index (χ2n) is 10.4. The summed E-state index contributed by atoms with van der Waals surface area (Å²) in [7, 11) is 1.61. The van der Waals surface area contributed by atoms with E-state index in [-0.39, 0.29) is 30.5 Å². The molecule has 10 nitrogen and oxygen atoms in total. The smallest absolute Gasteiger partial charge is 0.415 e. The number of urea groups is 1. The summed E-state index contributed by atoms with van der Waals surface area (Å²) < 4.78 is 5.43. The number of nitrogens with zero attached hydrogens (tertiary/aromatic N) is 3. The number of aryl methyl sites for hydroxylation is 1. The molecule has 0 aliphatic rings. The molecule has 1 heterocycles. The van der Waals surface area contributed by atoms with E-state index in [1.165, 1.54) is 4.90 Å². The number of hydrogen-bond acceptors (Lipinski definition) is 6. The standard InChI is InChI=1S/C32H34N4O6/c1-21(2)18-19-36(32(40)41)31(39)34-25(17-16-22-10-5-4-6-11-22)28(37)29-33-26(20-42-29)30(38)35(3)27-15-9-13-23-12-7-8-14-24(23)27/h4-15,20-21,25H,16-19H2,1-3H3,(H,34,39)(H,40,41). The fourth-order valence-electron chi connectivity index (χ4n) is 4.54. The number of fused-ring (bicyclic) bond motifs is 1. The topological polar surface area (TPSA) is 133 Å². The van der Waals surface area contributed by atoms with Gasteiger partial charge in [-0.1, -0.05) is 80.6 Å². The van der Waals surface area contributed by atoms with Crippen molar-refractivity contribution in [3.05, 3.63) is 96.2 Å². The Labute approximate surface area is 243 Å². The van der Waals surface area contributed by atoms with E-state index in [2.05, 4.69) is 10.3 Å². The number of nitrogens with one attached hydrogen (secondary N) is 1. The van der Waals surface area contributed by atoms with Gasteiger partial charge in [0.15, 0.2) is 5.69 Å². The monoisotopic (exact) mass is 570 g/mol. The summed E-state index contributed by atoms with van der Waals surface area (Å²) in [5.41, 5.74) is 1.52. The molecule has 1 unspecified atom stereocenters. The average molecular weight is 571 g/mol. The maximum atomic E-state index is 13.5. The molecular formula is C32H34N4O6. The Morgan fingerprint density at radius 3 is 2.33 bits per heavy atom. The zero-order valence-electron chi connectivity index (χ0n) is 23.8. The van der Waals surface area contributed by atoms with Gasteiger partial charge in [-0.3, -0.25) is 9.59 Å². The Bertz CT molecular complexity index is 1560. The van der Waals surface area contributed by atoms with Gasteiger partial charge in [-0.15, -0.1) is 0 Å². The first-order chi connectivity index (χ1) is 20.2. The molecule has 0 aliphatic carbocycles. The molecule has 4 aromatic rings. The van der Waals surface area contributed by atoms with Crippen LogP contribution >= 0.6 is 0 Å². The highest BCUT2D eigenvalue weighted by Crippen LogP contribution is 2.27. The van der Waals surface area contributed by atoms with Gasteiger partial charge in [0.1, 0.15) is 6.26 Å². The number of amides is 4. The lowest BCUT2D eigenvalue weighted by Crippen LogP contribution is -2.50. The van der Waals surface area contributed by atoms with E-state index in [0.29, 0.717) is 23.4 Å². The largest absolute Gasteiger partial charge is 0.465 e. The SMILES string of the molecule is CC(C)CCN(C(=O)O)C(=O)NC(CCc1ccccc1)C(=O)c1nc(C(=O)N(C)c2cccc3ccccc23)co1. The number of anilines is 1. The molecule has 0 bridgehead atoms. The van der Waals surface area contributed by atoms with Gasteiger partial charge < -0.3 is 19.7 Å². The number of carbonyl (C=O) groups excluding carboxylic acids is 3. The lowest BCUT2D eigenvalue weighted by atomic mass is 10.0. The van der Waals surface area contributed by atoms with Crippen molar-refractivity contribution < 1.29 is 28.7 Å². The first kappa shape index (κ1) is 30.0. The second kappa shape index (κ2) is 13.6. The third-order valence-electron chi connectivity index (χ3n) is 6.95. The summed E-state index contributed by atoms with van der Waals surface area (Å²) in [5, 5.41) is 14.0. The van der Waals surface area contributed by atoms with Crippen LogP contribution in [0.5, 0.6) is 0 Å². The van der Waals surface area contributed by atoms with Crippen molar-refractivity contribution in [3.63, 3.8) is 0 Å². The van der Waals surface area contributed by atoms with Gasteiger partial charge >= 0.3 is 12.1 Å². The molecule has 0 radical (unpaired) electrons. The lowest BCUT2D eigenvalue weighted by molar-refractivity contribution is 0.0897. The molecule has 3 aromatic carbocycles. The van der Waals surface area contributed by atoms with Crippen molar-refractivity contribution in [3.8, 4) is 0 Å². The highest BCUT2D eigenvalue weighted by atomic mass is 16.4. The van der Waals surface area contributed by atoms with E-state index in [1.807, 2.05) is 86.6 Å². The molecule has 4 amide bonds. The summed E-state index contributed by atoms with van der Waals surface area (Å²) >= 11 is 0. The zero-order valence-corrected chi connectivity index (χ0v) is 23.8. The molecule has 218 valence electrons. The summed E-state index contributed by atoms with van der Waals surface area (Å²) in [6, 6.07) is 20.6. The maximum absolute atomic E-state index is 13.5. The predicted octanol–water partition coefficient (Wildman–Crippen LogP) is 6.02. The van der Waals surface area contributed by atoms with Gasteiger partial charge in [-0.2, -0.15) is 0 Å². The van der Waals surface area contributed by atoms with Crippen LogP contribution in [-0.2, 0) is 6.42 Å². The highest BCUT2D eigenvalue weighted by Gasteiger charge is 2.31. The van der Waals surface area contributed by atoms with Crippen LogP contribution in [0.15, 0.2) is 83.5 Å². The third kappa shape index (κ3) is 7.20. The Kier molecular flexibility index (Phi) is 9.69. The Hall–Kier alpha value is -4.99. The quantitative estimate of drug-likeness (QED) is 0.211. The number of ketones is 1. The molecule has 0 saturated heterocycles. The van der Waals surface area contributed by atoms with Gasteiger partial charge in [-0.05, 0) is 42.2 Å². The van der Waals surface area contributed by atoms with Crippen LogP contribution in [0.1, 0.15) is 53.4 Å². The van der Waals surface area contributed by atoms with Crippen LogP contribution in [0.25, 0.3) is 10.8 Å². The number of imide groups is 1. The normalized spacial score (nSPS) is 11.7. The number of benzene rings is 3. The van der Waals surface area contributed by atoms with E-state index in [0.717, 1.165) is 22.6 Å². The van der Waals surface area contributed by atoms with Crippen molar-refractivity contribution in [2.24, 2.45) is 5.92 Å². The molecule has 0 spiro atoms. The number of carbonyl (C=O) groups is 4. The maximum Gasteiger partial charge on any atom is 0.415 e. The van der Waals surface area contributed by atoms with E-state index < -0.39 is 29.9 Å². The molecular weight excluding hydrogens is 536 g/mol. The number of carboxylic acid groups (broad SMARTS) is 1. The van der Waals surface area contributed by atoms with Crippen molar-refractivity contribution in [1.29, 1.82) is 0 Å². The second-order valence-corrected chi connectivity index (χ2v) is 10.4. The first-order valence-electron chi connectivity index (χ1n) is 13.8. The van der Waals surface area contributed by atoms with Crippen molar-refractivity contribution >= 4 is 40.3 Å². The first-order valence-corrected chi connectivity index (χ1v) is 13.8. The summed E-state index contributed by atoms with van der Waals surface area (Å²) in [4.78, 5) is 57.9. The minimum atomic E-state index is -1.41. The van der Waals surface area contributed by atoms with Gasteiger partial charge in [0.2, 0.25) is 5.78 Å². The fourth-order valence-corrected chi connectivity index (χ4v) is 4.54. The predicted molar refractivity (Wildman–Crippen MR) is 159 cm³/mol. The van der Waals surface area contributed by atoms with Crippen LogP contribution in [0.4, 0.5) is 15.3 Å². The molecule has 42 heavy (non-hydrogen) atoms. The number of aromatic nitrogens is 1. The number of rotatable bonds is 11. The fraction of sp³-hybridized carbons (Fsp3) is 0.281. The molecule has 2 N–H and O–H groups in total. The molecule has 0 saturated carbocycles. The van der Waals surface area contributed by atoms with Crippen LogP contribution in [0.2, 0.25) is 0 Å². The van der Waals surface area contributed by atoms with Gasteiger partial charge in [0, 0.05) is 19.0 Å². The number of hydrogen-bond donors (Lipinski definition) is 2. The van der Waals surface area contributed by atoms with Crippen LogP contribution in [-0.4, -0.2) is 58.4 Å². The number of oxazole rings is 1. The summed E-state index contributed by atoms with van der Waals surface area (Å²) in [6.45, 7) is 3.82. The van der Waals surface area contributed by atoms with Gasteiger partial charge in [0.05, 0.1) is 11.7 Å². The van der Waals surface area contributed by atoms with E-state index in [4.69, 9.17) is 4.42 Å². The van der Waals surface area contributed by atoms with E-state index in [9.17, 15) is 24.3 Å². The van der Waals surface area contributed by atoms with Crippen LogP contribution in [0.3, 0.4) is 0 Å². The molecule has 0 fully saturated rings. The Morgan fingerprint density at radius 2 is 1.62 bits per heavy atom. The average Bonchev–Trinajstić information content (AvgIpc) is 3.48. The van der Waals surface area contributed by atoms with Gasteiger partial charge in [0.25, 0.3) is 11.8 Å². The van der Waals surface area contributed by atoms with Crippen molar-refractivity contribution in [2.45, 2.75) is 39.2 Å². The molecule has 1 atom stereocenters. The van der Waals surface area contributed by atoms with E-state index >= 15 is 0 Å². The summed E-state index contributed by atoms with van der Waals surface area (Å²) in [5.74, 6) is -1.33. The Morgan fingerprint density at radius 1 is 0.929 bits per heavy atom. The number of Topliss-reactive ketones (excluding diaryl/α,β-unsaturated/α-hetero) is 1. The minimum Gasteiger partial charge on any atom is -0.465 e. The highest BCUT2D eigenvalue weighted by molar-refractivity contribution is 6.10. The Balaban J connectivity index is 1.55.